The van der Waals surface area contributed by atoms with Crippen molar-refractivity contribution in [2.75, 3.05) is 37.4 Å². The van der Waals surface area contributed by atoms with Crippen molar-refractivity contribution in [1.82, 2.24) is 14.9 Å². The SMILES string of the molecule is CN1CCC(N(C)c2ncnc(Nc3cccc([N+](=O)[O-])c3)c2[N+](=O)[O-])CC1. The lowest BCUT2D eigenvalue weighted by Gasteiger charge is -2.35. The Labute approximate surface area is 161 Å². The van der Waals surface area contributed by atoms with Crippen LogP contribution in [0.4, 0.5) is 28.7 Å². The molecular formula is C17H21N7O4. The minimum Gasteiger partial charge on any atom is -0.351 e. The maximum atomic E-state index is 11.8. The van der Waals surface area contributed by atoms with Crippen LogP contribution in [0, 0.1) is 20.2 Å². The molecule has 0 amide bonds. The van der Waals surface area contributed by atoms with Crippen molar-refractivity contribution >= 4 is 28.7 Å². The van der Waals surface area contributed by atoms with Crippen molar-refractivity contribution < 1.29 is 9.85 Å². The Hall–Kier alpha value is -3.34. The van der Waals surface area contributed by atoms with Crippen LogP contribution in [0.25, 0.3) is 0 Å². The second-order valence-corrected chi connectivity index (χ2v) is 6.73. The Kier molecular flexibility index (Phi) is 5.64. The number of nitrogens with zero attached hydrogens (tertiary/aromatic N) is 6. The molecule has 1 aliphatic heterocycles. The predicted molar refractivity (Wildman–Crippen MR) is 104 cm³/mol. The van der Waals surface area contributed by atoms with Crippen LogP contribution >= 0.6 is 0 Å². The van der Waals surface area contributed by atoms with Crippen molar-refractivity contribution in [3.63, 3.8) is 0 Å². The van der Waals surface area contributed by atoms with E-state index in [2.05, 4.69) is 20.2 Å². The van der Waals surface area contributed by atoms with Gasteiger partial charge < -0.3 is 15.1 Å². The monoisotopic (exact) mass is 387 g/mol. The summed E-state index contributed by atoms with van der Waals surface area (Å²) in [4.78, 5) is 33.9. The number of benzene rings is 1. The van der Waals surface area contributed by atoms with Crippen LogP contribution in [0.2, 0.25) is 0 Å². The van der Waals surface area contributed by atoms with Crippen LogP contribution in [0.3, 0.4) is 0 Å². The molecule has 28 heavy (non-hydrogen) atoms. The topological polar surface area (TPSA) is 131 Å². The van der Waals surface area contributed by atoms with Crippen LogP contribution < -0.4 is 10.2 Å². The molecule has 0 unspecified atom stereocenters. The minimum atomic E-state index is -0.529. The maximum Gasteiger partial charge on any atom is 0.353 e. The van der Waals surface area contributed by atoms with Crippen LogP contribution in [-0.4, -0.2) is 57.9 Å². The first kappa shape index (κ1) is 19.4. The summed E-state index contributed by atoms with van der Waals surface area (Å²) in [6, 6.07) is 5.86. The van der Waals surface area contributed by atoms with Gasteiger partial charge in [-0.3, -0.25) is 20.2 Å². The van der Waals surface area contributed by atoms with Crippen LogP contribution in [-0.2, 0) is 0 Å². The molecule has 1 fully saturated rings. The average molecular weight is 387 g/mol. The molecule has 0 atom stereocenters. The van der Waals surface area contributed by atoms with Crippen LogP contribution in [0.15, 0.2) is 30.6 Å². The molecule has 11 heteroatoms. The molecule has 0 aliphatic carbocycles. The Morgan fingerprint density at radius 3 is 2.54 bits per heavy atom. The second kappa shape index (κ2) is 8.13. The average Bonchev–Trinajstić information content (AvgIpc) is 2.68. The smallest absolute Gasteiger partial charge is 0.351 e. The molecule has 1 aliphatic rings. The normalized spacial score (nSPS) is 15.2. The Morgan fingerprint density at radius 2 is 1.89 bits per heavy atom. The molecule has 0 spiro atoms. The van der Waals surface area contributed by atoms with E-state index in [-0.39, 0.29) is 29.1 Å². The number of hydrogen-bond acceptors (Lipinski definition) is 9. The number of non-ortho nitro benzene ring substituents is 1. The minimum absolute atomic E-state index is 0.00437. The third-order valence-electron chi connectivity index (χ3n) is 4.88. The lowest BCUT2D eigenvalue weighted by atomic mass is 10.0. The van der Waals surface area contributed by atoms with Crippen LogP contribution in [0.1, 0.15) is 12.8 Å². The molecule has 2 heterocycles. The fraction of sp³-hybridized carbons (Fsp3) is 0.412. The van der Waals surface area contributed by atoms with Gasteiger partial charge in [0.05, 0.1) is 9.85 Å². The van der Waals surface area contributed by atoms with Gasteiger partial charge in [-0.05, 0) is 39.0 Å². The molecule has 0 saturated carbocycles. The standard InChI is InChI=1S/C17H21N7O4/c1-21-8-6-13(7-9-21)22(2)17-15(24(27)28)16(18-11-19-17)20-12-4-3-5-14(10-12)23(25)26/h3-5,10-11,13H,6-9H2,1-2H3,(H,18,19,20). The van der Waals surface area contributed by atoms with E-state index in [1.165, 1.54) is 24.5 Å². The van der Waals surface area contributed by atoms with E-state index in [1.807, 2.05) is 11.9 Å². The molecule has 1 saturated heterocycles. The quantitative estimate of drug-likeness (QED) is 0.587. The summed E-state index contributed by atoms with van der Waals surface area (Å²) in [7, 11) is 3.84. The maximum absolute atomic E-state index is 11.8. The van der Waals surface area contributed by atoms with E-state index >= 15 is 0 Å². The summed E-state index contributed by atoms with van der Waals surface area (Å²) in [6.45, 7) is 1.82. The van der Waals surface area contributed by atoms with Crippen LogP contribution in [0.5, 0.6) is 0 Å². The van der Waals surface area contributed by atoms with Gasteiger partial charge in [-0.2, -0.15) is 0 Å². The Bertz CT molecular complexity index is 884. The van der Waals surface area contributed by atoms with Gasteiger partial charge in [-0.15, -0.1) is 0 Å². The summed E-state index contributed by atoms with van der Waals surface area (Å²) in [5.74, 6) is 0.220. The van der Waals surface area contributed by atoms with E-state index in [0.29, 0.717) is 5.69 Å². The summed E-state index contributed by atoms with van der Waals surface area (Å²) < 4.78 is 0. The third-order valence-corrected chi connectivity index (χ3v) is 4.88. The molecule has 0 radical (unpaired) electrons. The Morgan fingerprint density at radius 1 is 1.18 bits per heavy atom. The van der Waals surface area contributed by atoms with Gasteiger partial charge in [0.2, 0.25) is 11.6 Å². The zero-order valence-corrected chi connectivity index (χ0v) is 15.6. The highest BCUT2D eigenvalue weighted by molar-refractivity contribution is 5.75. The summed E-state index contributed by atoms with van der Waals surface area (Å²) in [5, 5.41) is 25.6. The molecular weight excluding hydrogens is 366 g/mol. The lowest BCUT2D eigenvalue weighted by Crippen LogP contribution is -2.42. The summed E-state index contributed by atoms with van der Waals surface area (Å²) in [6.07, 6.45) is 3.01. The Balaban J connectivity index is 1.92. The number of rotatable bonds is 6. The van der Waals surface area contributed by atoms with Gasteiger partial charge >= 0.3 is 5.69 Å². The molecule has 11 nitrogen and oxygen atoms in total. The van der Waals surface area contributed by atoms with Crippen molar-refractivity contribution in [1.29, 1.82) is 0 Å². The number of nitro groups is 2. The first-order valence-electron chi connectivity index (χ1n) is 8.79. The third kappa shape index (κ3) is 4.14. The van der Waals surface area contributed by atoms with E-state index in [1.54, 1.807) is 13.1 Å². The second-order valence-electron chi connectivity index (χ2n) is 6.73. The number of aromatic nitrogens is 2. The van der Waals surface area contributed by atoms with E-state index < -0.39 is 9.85 Å². The number of nitro benzene ring substituents is 1. The molecule has 1 aromatic heterocycles. The number of anilines is 3. The van der Waals surface area contributed by atoms with Gasteiger partial charge in [0, 0.05) is 30.9 Å². The van der Waals surface area contributed by atoms with Gasteiger partial charge in [0.25, 0.3) is 5.69 Å². The van der Waals surface area contributed by atoms with Crippen molar-refractivity contribution in [3.8, 4) is 0 Å². The van der Waals surface area contributed by atoms with Crippen molar-refractivity contribution in [2.45, 2.75) is 18.9 Å². The predicted octanol–water partition coefficient (Wildman–Crippen LogP) is 2.57. The number of piperidine rings is 1. The highest BCUT2D eigenvalue weighted by atomic mass is 16.6. The summed E-state index contributed by atoms with van der Waals surface area (Å²) >= 11 is 0. The molecule has 1 aromatic carbocycles. The van der Waals surface area contributed by atoms with Gasteiger partial charge in [-0.25, -0.2) is 9.97 Å². The molecule has 0 bridgehead atoms. The zero-order valence-electron chi connectivity index (χ0n) is 15.6. The van der Waals surface area contributed by atoms with E-state index in [9.17, 15) is 20.2 Å². The van der Waals surface area contributed by atoms with Crippen molar-refractivity contribution in [2.24, 2.45) is 0 Å². The van der Waals surface area contributed by atoms with E-state index in [0.717, 1.165) is 25.9 Å². The first-order valence-corrected chi connectivity index (χ1v) is 8.79. The lowest BCUT2D eigenvalue weighted by molar-refractivity contribution is -0.384. The van der Waals surface area contributed by atoms with Gasteiger partial charge in [0.15, 0.2) is 0 Å². The summed E-state index contributed by atoms with van der Waals surface area (Å²) in [5.41, 5.74) is -0.0373. The van der Waals surface area contributed by atoms with Crippen molar-refractivity contribution in [3.05, 3.63) is 50.8 Å². The largest absolute Gasteiger partial charge is 0.353 e. The van der Waals surface area contributed by atoms with Gasteiger partial charge in [0.1, 0.15) is 6.33 Å². The molecule has 148 valence electrons. The highest BCUT2D eigenvalue weighted by Crippen LogP contribution is 2.35. The molecule has 1 N–H and O–H groups in total. The number of likely N-dealkylation sites (tertiary alicyclic amines) is 1. The molecule has 3 rings (SSSR count). The number of hydrogen-bond donors (Lipinski definition) is 1. The zero-order chi connectivity index (χ0) is 20.3. The highest BCUT2D eigenvalue weighted by Gasteiger charge is 2.30. The fourth-order valence-electron chi connectivity index (χ4n) is 3.28. The molecule has 2 aromatic rings. The first-order chi connectivity index (χ1) is 13.4. The van der Waals surface area contributed by atoms with Gasteiger partial charge in [-0.1, -0.05) is 6.07 Å². The number of nitrogens with one attached hydrogen (secondary N) is 1. The fourth-order valence-corrected chi connectivity index (χ4v) is 3.28. The van der Waals surface area contributed by atoms with E-state index in [4.69, 9.17) is 0 Å².